The zero-order valence-electron chi connectivity index (χ0n) is 14.1. The lowest BCUT2D eigenvalue weighted by Gasteiger charge is -2.17. The number of nitrogens with zero attached hydrogens (tertiary/aromatic N) is 1. The van der Waals surface area contributed by atoms with Crippen LogP contribution in [-0.2, 0) is 6.42 Å². The molecule has 0 bridgehead atoms. The maximum absolute atomic E-state index is 8.79. The maximum atomic E-state index is 8.79. The van der Waals surface area contributed by atoms with E-state index in [2.05, 4.69) is 10.6 Å². The summed E-state index contributed by atoms with van der Waals surface area (Å²) in [7, 11) is 0. The van der Waals surface area contributed by atoms with Gasteiger partial charge in [0.25, 0.3) is 0 Å². The minimum Gasteiger partial charge on any atom is -0.469 e. The number of aliphatic hydroxyl groups excluding tert-OH is 1. The highest BCUT2D eigenvalue weighted by atomic mass is 16.3. The van der Waals surface area contributed by atoms with Crippen LogP contribution in [0.15, 0.2) is 27.8 Å². The number of aliphatic hydroxyl groups is 1. The Morgan fingerprint density at radius 3 is 2.78 bits per heavy atom. The second kappa shape index (κ2) is 11.1. The van der Waals surface area contributed by atoms with Crippen LogP contribution in [0.2, 0.25) is 0 Å². The molecule has 0 saturated heterocycles. The largest absolute Gasteiger partial charge is 0.469 e. The van der Waals surface area contributed by atoms with Gasteiger partial charge in [0.05, 0.1) is 6.26 Å². The average Bonchev–Trinajstić information content (AvgIpc) is 3.24. The lowest BCUT2D eigenvalue weighted by atomic mass is 10.2. The summed E-state index contributed by atoms with van der Waals surface area (Å²) >= 11 is 0. The van der Waals surface area contributed by atoms with Gasteiger partial charge in [0.15, 0.2) is 5.96 Å². The number of rotatable bonds is 10. The third-order valence-electron chi connectivity index (χ3n) is 4.28. The summed E-state index contributed by atoms with van der Waals surface area (Å²) in [5, 5.41) is 15.8. The zero-order chi connectivity index (χ0) is 16.2. The molecule has 0 amide bonds. The van der Waals surface area contributed by atoms with E-state index in [0.717, 1.165) is 56.9 Å². The first kappa shape index (κ1) is 17.9. The number of aliphatic imine (C=N–C) groups is 1. The van der Waals surface area contributed by atoms with E-state index >= 15 is 0 Å². The molecule has 23 heavy (non-hydrogen) atoms. The number of unbranched alkanes of at least 4 members (excludes halogenated alkanes) is 3. The van der Waals surface area contributed by atoms with Crippen molar-refractivity contribution in [1.29, 1.82) is 0 Å². The van der Waals surface area contributed by atoms with Gasteiger partial charge in [-0.1, -0.05) is 25.7 Å². The van der Waals surface area contributed by atoms with E-state index in [1.54, 1.807) is 6.26 Å². The molecule has 0 unspecified atom stereocenters. The van der Waals surface area contributed by atoms with E-state index < -0.39 is 0 Å². The fourth-order valence-corrected chi connectivity index (χ4v) is 2.94. The molecular formula is C18H31N3O2. The quantitative estimate of drug-likeness (QED) is 0.352. The molecule has 1 aliphatic carbocycles. The minimum atomic E-state index is 0.298. The van der Waals surface area contributed by atoms with Crippen LogP contribution in [0.1, 0.15) is 57.1 Å². The predicted molar refractivity (Wildman–Crippen MR) is 93.7 cm³/mol. The van der Waals surface area contributed by atoms with Gasteiger partial charge in [-0.2, -0.15) is 0 Å². The lowest BCUT2D eigenvalue weighted by molar-refractivity contribution is 0.282. The number of guanidine groups is 1. The molecule has 2 rings (SSSR count). The van der Waals surface area contributed by atoms with Crippen LogP contribution in [0.3, 0.4) is 0 Å². The Bertz CT molecular complexity index is 425. The summed E-state index contributed by atoms with van der Waals surface area (Å²) in [5.41, 5.74) is 0. The molecule has 130 valence electrons. The first-order valence-corrected chi connectivity index (χ1v) is 9.06. The third kappa shape index (κ3) is 7.55. The van der Waals surface area contributed by atoms with Gasteiger partial charge in [0.1, 0.15) is 5.76 Å². The Labute approximate surface area is 139 Å². The standard InChI is InChI=1S/C18H31N3O2/c22-14-6-2-1-5-12-19-18(21-16-8-3-4-9-16)20-13-11-17-10-7-15-23-17/h7,10,15-16,22H,1-6,8-9,11-14H2,(H2,19,20,21). The molecule has 5 nitrogen and oxygen atoms in total. The third-order valence-corrected chi connectivity index (χ3v) is 4.28. The van der Waals surface area contributed by atoms with Crippen molar-refractivity contribution in [3.05, 3.63) is 24.2 Å². The first-order chi connectivity index (χ1) is 11.4. The van der Waals surface area contributed by atoms with Crippen molar-refractivity contribution in [3.63, 3.8) is 0 Å². The lowest BCUT2D eigenvalue weighted by Crippen LogP contribution is -2.43. The van der Waals surface area contributed by atoms with E-state index in [1.165, 1.54) is 25.7 Å². The van der Waals surface area contributed by atoms with E-state index in [9.17, 15) is 0 Å². The fourth-order valence-electron chi connectivity index (χ4n) is 2.94. The van der Waals surface area contributed by atoms with Crippen molar-refractivity contribution in [2.75, 3.05) is 19.7 Å². The van der Waals surface area contributed by atoms with Crippen LogP contribution in [0.4, 0.5) is 0 Å². The first-order valence-electron chi connectivity index (χ1n) is 9.06. The zero-order valence-corrected chi connectivity index (χ0v) is 14.1. The predicted octanol–water partition coefficient (Wildman–Crippen LogP) is 2.85. The van der Waals surface area contributed by atoms with Gasteiger partial charge in [-0.3, -0.25) is 4.99 Å². The molecule has 0 atom stereocenters. The molecule has 1 aliphatic rings. The van der Waals surface area contributed by atoms with E-state index in [-0.39, 0.29) is 0 Å². The average molecular weight is 321 g/mol. The molecule has 1 heterocycles. The van der Waals surface area contributed by atoms with Gasteiger partial charge in [-0.25, -0.2) is 0 Å². The van der Waals surface area contributed by atoms with E-state index in [0.29, 0.717) is 12.6 Å². The van der Waals surface area contributed by atoms with Gasteiger partial charge < -0.3 is 20.2 Å². The number of furan rings is 1. The Morgan fingerprint density at radius 2 is 2.04 bits per heavy atom. The summed E-state index contributed by atoms with van der Waals surface area (Å²) in [5.74, 6) is 1.94. The molecule has 0 aromatic carbocycles. The molecule has 0 radical (unpaired) electrons. The van der Waals surface area contributed by atoms with Crippen molar-refractivity contribution < 1.29 is 9.52 Å². The van der Waals surface area contributed by atoms with Gasteiger partial charge in [-0.15, -0.1) is 0 Å². The molecule has 5 heteroatoms. The number of hydrogen-bond donors (Lipinski definition) is 3. The molecule has 0 spiro atoms. The van der Waals surface area contributed by atoms with Crippen LogP contribution < -0.4 is 10.6 Å². The molecule has 1 aromatic heterocycles. The molecule has 1 aromatic rings. The normalized spacial score (nSPS) is 16.0. The second-order valence-electron chi connectivity index (χ2n) is 6.25. The van der Waals surface area contributed by atoms with Gasteiger partial charge in [0.2, 0.25) is 0 Å². The Morgan fingerprint density at radius 1 is 1.22 bits per heavy atom. The Kier molecular flexibility index (Phi) is 8.62. The van der Waals surface area contributed by atoms with Gasteiger partial charge >= 0.3 is 0 Å². The van der Waals surface area contributed by atoms with Crippen molar-refractivity contribution in [3.8, 4) is 0 Å². The number of nitrogens with one attached hydrogen (secondary N) is 2. The molecule has 0 aliphatic heterocycles. The van der Waals surface area contributed by atoms with Crippen LogP contribution >= 0.6 is 0 Å². The maximum Gasteiger partial charge on any atom is 0.191 e. The monoisotopic (exact) mass is 321 g/mol. The van der Waals surface area contributed by atoms with Crippen molar-refractivity contribution in [2.24, 2.45) is 4.99 Å². The fraction of sp³-hybridized carbons (Fsp3) is 0.722. The van der Waals surface area contributed by atoms with Gasteiger partial charge in [-0.05, 0) is 37.8 Å². The highest BCUT2D eigenvalue weighted by molar-refractivity contribution is 5.80. The summed E-state index contributed by atoms with van der Waals surface area (Å²) < 4.78 is 5.36. The van der Waals surface area contributed by atoms with Crippen LogP contribution in [-0.4, -0.2) is 36.8 Å². The van der Waals surface area contributed by atoms with Crippen molar-refractivity contribution in [1.82, 2.24) is 10.6 Å². The van der Waals surface area contributed by atoms with E-state index in [4.69, 9.17) is 14.5 Å². The second-order valence-corrected chi connectivity index (χ2v) is 6.25. The SMILES string of the molecule is OCCCCCCN=C(NCCc1ccco1)NC1CCCC1. The van der Waals surface area contributed by atoms with Gasteiger partial charge in [0, 0.05) is 32.2 Å². The summed E-state index contributed by atoms with van der Waals surface area (Å²) in [6, 6.07) is 4.50. The topological polar surface area (TPSA) is 69.8 Å². The molecule has 1 fully saturated rings. The van der Waals surface area contributed by atoms with Crippen molar-refractivity contribution >= 4 is 5.96 Å². The minimum absolute atomic E-state index is 0.298. The van der Waals surface area contributed by atoms with Crippen LogP contribution in [0.25, 0.3) is 0 Å². The highest BCUT2D eigenvalue weighted by Gasteiger charge is 2.15. The highest BCUT2D eigenvalue weighted by Crippen LogP contribution is 2.17. The Hall–Kier alpha value is -1.49. The summed E-state index contributed by atoms with van der Waals surface area (Å²) in [6.45, 7) is 1.97. The molecule has 1 saturated carbocycles. The molecule has 3 N–H and O–H groups in total. The number of hydrogen-bond acceptors (Lipinski definition) is 3. The molecular weight excluding hydrogens is 290 g/mol. The van der Waals surface area contributed by atoms with Crippen molar-refractivity contribution in [2.45, 2.75) is 63.8 Å². The summed E-state index contributed by atoms with van der Waals surface area (Å²) in [6.07, 6.45) is 11.9. The summed E-state index contributed by atoms with van der Waals surface area (Å²) in [4.78, 5) is 4.71. The van der Waals surface area contributed by atoms with E-state index in [1.807, 2.05) is 12.1 Å². The smallest absolute Gasteiger partial charge is 0.191 e. The van der Waals surface area contributed by atoms with Crippen LogP contribution in [0, 0.1) is 0 Å². The van der Waals surface area contributed by atoms with Crippen LogP contribution in [0.5, 0.6) is 0 Å². The Balaban J connectivity index is 1.71.